The van der Waals surface area contributed by atoms with E-state index in [9.17, 15) is 5.11 Å². The number of allylic oxidation sites excluding steroid dienone is 2. The summed E-state index contributed by atoms with van der Waals surface area (Å²) in [6.07, 6.45) is 7.06. The summed E-state index contributed by atoms with van der Waals surface area (Å²) in [4.78, 5) is 0. The molecule has 3 rings (SSSR count). The van der Waals surface area contributed by atoms with Crippen molar-refractivity contribution in [3.63, 3.8) is 0 Å². The van der Waals surface area contributed by atoms with Crippen molar-refractivity contribution in [2.75, 3.05) is 0 Å². The molecule has 0 fully saturated rings. The van der Waals surface area contributed by atoms with Crippen molar-refractivity contribution >= 4 is 0 Å². The quantitative estimate of drug-likeness (QED) is 0.875. The van der Waals surface area contributed by atoms with Gasteiger partial charge < -0.3 is 5.11 Å². The first-order valence-corrected chi connectivity index (χ1v) is 6.52. The first kappa shape index (κ1) is 11.9. The van der Waals surface area contributed by atoms with Crippen molar-refractivity contribution in [3.8, 4) is 0 Å². The molecule has 0 unspecified atom stereocenters. The molecule has 0 radical (unpaired) electrons. The summed E-state index contributed by atoms with van der Waals surface area (Å²) in [5.41, 5.74) is 1.69. The lowest BCUT2D eigenvalue weighted by Gasteiger charge is -2.30. The van der Waals surface area contributed by atoms with E-state index in [-0.39, 0.29) is 0 Å². The first-order chi connectivity index (χ1) is 9.32. The van der Waals surface area contributed by atoms with Gasteiger partial charge in [0.2, 0.25) is 0 Å². The summed E-state index contributed by atoms with van der Waals surface area (Å²) < 4.78 is 0. The molecule has 0 saturated carbocycles. The number of hydrogen-bond donors (Lipinski definition) is 1. The first-order valence-electron chi connectivity index (χ1n) is 6.52. The van der Waals surface area contributed by atoms with Crippen LogP contribution in [0.4, 0.5) is 0 Å². The van der Waals surface area contributed by atoms with E-state index >= 15 is 0 Å². The third-order valence-corrected chi connectivity index (χ3v) is 3.57. The van der Waals surface area contributed by atoms with Crippen LogP contribution in [0.2, 0.25) is 0 Å². The third-order valence-electron chi connectivity index (χ3n) is 3.57. The standard InChI is InChI=1S/C18H16O/c19-18(17-13-7-8-14-17,15-9-3-1-4-10-15)16-11-5-2-6-12-16/h1-7,9-14,19H,8H2. The topological polar surface area (TPSA) is 20.2 Å². The second kappa shape index (κ2) is 4.87. The molecule has 1 aliphatic carbocycles. The van der Waals surface area contributed by atoms with Gasteiger partial charge in [-0.3, -0.25) is 0 Å². The summed E-state index contributed by atoms with van der Waals surface area (Å²) in [7, 11) is 0. The van der Waals surface area contributed by atoms with Gasteiger partial charge in [-0.1, -0.05) is 78.9 Å². The van der Waals surface area contributed by atoms with Crippen molar-refractivity contribution in [1.29, 1.82) is 0 Å². The molecular weight excluding hydrogens is 232 g/mol. The van der Waals surface area contributed by atoms with Crippen LogP contribution >= 0.6 is 0 Å². The Morgan fingerprint density at radius 1 is 0.789 bits per heavy atom. The molecule has 0 atom stereocenters. The van der Waals surface area contributed by atoms with Gasteiger partial charge in [-0.25, -0.2) is 0 Å². The minimum Gasteiger partial charge on any atom is -0.376 e. The second-order valence-electron chi connectivity index (χ2n) is 4.74. The monoisotopic (exact) mass is 248 g/mol. The molecular formula is C18H16O. The summed E-state index contributed by atoms with van der Waals surface area (Å²) in [6, 6.07) is 19.7. The largest absolute Gasteiger partial charge is 0.376 e. The van der Waals surface area contributed by atoms with E-state index in [2.05, 4.69) is 12.2 Å². The predicted octanol–water partition coefficient (Wildman–Crippen LogP) is 3.81. The van der Waals surface area contributed by atoms with E-state index in [4.69, 9.17) is 0 Å². The Morgan fingerprint density at radius 2 is 1.32 bits per heavy atom. The van der Waals surface area contributed by atoms with Crippen LogP contribution in [0.1, 0.15) is 17.5 Å². The minimum absolute atomic E-state index is 0.886. The third kappa shape index (κ3) is 2.02. The van der Waals surface area contributed by atoms with E-state index in [0.717, 1.165) is 23.1 Å². The highest BCUT2D eigenvalue weighted by molar-refractivity contribution is 5.50. The zero-order valence-corrected chi connectivity index (χ0v) is 10.7. The van der Waals surface area contributed by atoms with E-state index in [0.29, 0.717) is 0 Å². The summed E-state index contributed by atoms with van der Waals surface area (Å²) >= 11 is 0. The Hall–Kier alpha value is -2.12. The maximum atomic E-state index is 11.3. The van der Waals surface area contributed by atoms with E-state index in [1.54, 1.807) is 0 Å². The minimum atomic E-state index is -1.06. The highest BCUT2D eigenvalue weighted by Crippen LogP contribution is 2.38. The lowest BCUT2D eigenvalue weighted by molar-refractivity contribution is 0.125. The van der Waals surface area contributed by atoms with Crippen LogP contribution in [0.3, 0.4) is 0 Å². The van der Waals surface area contributed by atoms with Crippen LogP contribution in [0.15, 0.2) is 84.5 Å². The maximum absolute atomic E-state index is 11.3. The number of rotatable bonds is 3. The van der Waals surface area contributed by atoms with Crippen LogP contribution in [-0.2, 0) is 5.60 Å². The van der Waals surface area contributed by atoms with Gasteiger partial charge in [-0.15, -0.1) is 0 Å². The summed E-state index contributed by atoms with van der Waals surface area (Å²) in [6.45, 7) is 0. The van der Waals surface area contributed by atoms with Crippen LogP contribution < -0.4 is 0 Å². The molecule has 1 N–H and O–H groups in total. The normalized spacial score (nSPS) is 14.5. The van der Waals surface area contributed by atoms with Crippen molar-refractivity contribution in [2.24, 2.45) is 0 Å². The van der Waals surface area contributed by atoms with Crippen molar-refractivity contribution < 1.29 is 5.11 Å². The van der Waals surface area contributed by atoms with Gasteiger partial charge in [0, 0.05) is 0 Å². The Balaban J connectivity index is 2.19. The van der Waals surface area contributed by atoms with Crippen molar-refractivity contribution in [3.05, 3.63) is 95.6 Å². The molecule has 94 valence electrons. The van der Waals surface area contributed by atoms with Crippen molar-refractivity contribution in [2.45, 2.75) is 12.0 Å². The fourth-order valence-electron chi connectivity index (χ4n) is 2.59. The SMILES string of the molecule is OC(C1=CCC=C1)(c1ccccc1)c1ccccc1. The van der Waals surface area contributed by atoms with Crippen LogP contribution in [-0.4, -0.2) is 5.11 Å². The number of benzene rings is 2. The van der Waals surface area contributed by atoms with E-state index < -0.39 is 5.60 Å². The smallest absolute Gasteiger partial charge is 0.140 e. The molecule has 19 heavy (non-hydrogen) atoms. The lowest BCUT2D eigenvalue weighted by atomic mass is 9.80. The summed E-state index contributed by atoms with van der Waals surface area (Å²) in [5, 5.41) is 11.3. The van der Waals surface area contributed by atoms with E-state index in [1.165, 1.54) is 0 Å². The Morgan fingerprint density at radius 3 is 1.74 bits per heavy atom. The molecule has 0 aromatic heterocycles. The average molecular weight is 248 g/mol. The van der Waals surface area contributed by atoms with Crippen molar-refractivity contribution in [1.82, 2.24) is 0 Å². The molecule has 0 aliphatic heterocycles. The fourth-order valence-corrected chi connectivity index (χ4v) is 2.59. The van der Waals surface area contributed by atoms with Gasteiger partial charge >= 0.3 is 0 Å². The molecule has 1 aliphatic rings. The second-order valence-corrected chi connectivity index (χ2v) is 4.74. The van der Waals surface area contributed by atoms with E-state index in [1.807, 2.05) is 66.7 Å². The van der Waals surface area contributed by atoms with Gasteiger partial charge in [0.25, 0.3) is 0 Å². The molecule has 0 amide bonds. The molecule has 2 aromatic rings. The molecule has 0 saturated heterocycles. The van der Waals surface area contributed by atoms with Gasteiger partial charge in [-0.2, -0.15) is 0 Å². The van der Waals surface area contributed by atoms with Crippen LogP contribution in [0.25, 0.3) is 0 Å². The van der Waals surface area contributed by atoms with Crippen LogP contribution in [0, 0.1) is 0 Å². The zero-order chi connectivity index (χ0) is 13.1. The Kier molecular flexibility index (Phi) is 3.06. The van der Waals surface area contributed by atoms with Crippen LogP contribution in [0.5, 0.6) is 0 Å². The predicted molar refractivity (Wildman–Crippen MR) is 77.7 cm³/mol. The molecule has 2 aromatic carbocycles. The Bertz CT molecular complexity index is 569. The van der Waals surface area contributed by atoms with Gasteiger partial charge in [0.1, 0.15) is 5.60 Å². The summed E-state index contributed by atoms with van der Waals surface area (Å²) in [5.74, 6) is 0. The lowest BCUT2D eigenvalue weighted by Crippen LogP contribution is -2.28. The average Bonchev–Trinajstić information content (AvgIpc) is 3.03. The number of aliphatic hydroxyl groups is 1. The molecule has 0 heterocycles. The molecule has 1 nitrogen and oxygen atoms in total. The fraction of sp³-hybridized carbons (Fsp3) is 0.111. The van der Waals surface area contributed by atoms with Gasteiger partial charge in [-0.05, 0) is 23.1 Å². The highest BCUT2D eigenvalue weighted by atomic mass is 16.3. The Labute approximate surface area is 113 Å². The van der Waals surface area contributed by atoms with Gasteiger partial charge in [0.05, 0.1) is 0 Å². The highest BCUT2D eigenvalue weighted by Gasteiger charge is 2.34. The number of hydrogen-bond acceptors (Lipinski definition) is 1. The molecule has 1 heteroatoms. The zero-order valence-electron chi connectivity index (χ0n) is 10.7. The van der Waals surface area contributed by atoms with Gasteiger partial charge in [0.15, 0.2) is 0 Å². The molecule has 0 spiro atoms. The maximum Gasteiger partial charge on any atom is 0.140 e. The molecule has 0 bridgehead atoms.